The third-order valence-corrected chi connectivity index (χ3v) is 3.05. The van der Waals surface area contributed by atoms with E-state index in [0.29, 0.717) is 5.56 Å². The highest BCUT2D eigenvalue weighted by atomic mass is 19.4. The Morgan fingerprint density at radius 1 is 1.19 bits per heavy atom. The van der Waals surface area contributed by atoms with Gasteiger partial charge in [0.25, 0.3) is 0 Å². The number of nitrogens with one attached hydrogen (secondary N) is 1. The second kappa shape index (κ2) is 6.47. The maximum Gasteiger partial charge on any atom is 0.416 e. The quantitative estimate of drug-likeness (QED) is 0.846. The highest BCUT2D eigenvalue weighted by molar-refractivity contribution is 5.82. The van der Waals surface area contributed by atoms with Crippen LogP contribution < -0.4 is 5.32 Å². The molecule has 1 N–H and O–H groups in total. The average Bonchev–Trinajstić information content (AvgIpc) is 2.37. The predicted molar refractivity (Wildman–Crippen MR) is 73.7 cm³/mol. The van der Waals surface area contributed by atoms with Crippen LogP contribution in [0.2, 0.25) is 0 Å². The molecule has 0 amide bonds. The van der Waals surface area contributed by atoms with Crippen LogP contribution in [-0.2, 0) is 21.2 Å². The Balaban J connectivity index is 3.17. The molecular formula is C15H20F3NO2. The van der Waals surface area contributed by atoms with E-state index in [4.69, 9.17) is 4.74 Å². The molecule has 0 heterocycles. The smallest absolute Gasteiger partial charge is 0.416 e. The Morgan fingerprint density at radius 3 is 2.05 bits per heavy atom. The average molecular weight is 303 g/mol. The molecule has 3 nitrogen and oxygen atoms in total. The second-order valence-electron chi connectivity index (χ2n) is 5.22. The Labute approximate surface area is 122 Å². The van der Waals surface area contributed by atoms with E-state index in [0.717, 1.165) is 12.1 Å². The van der Waals surface area contributed by atoms with Crippen LogP contribution in [0, 0.1) is 0 Å². The maximum atomic E-state index is 12.6. The van der Waals surface area contributed by atoms with Crippen LogP contribution in [0.3, 0.4) is 0 Å². The van der Waals surface area contributed by atoms with Gasteiger partial charge >= 0.3 is 12.1 Å². The summed E-state index contributed by atoms with van der Waals surface area (Å²) in [6.45, 7) is 7.19. The van der Waals surface area contributed by atoms with Crippen molar-refractivity contribution in [3.63, 3.8) is 0 Å². The first-order valence-corrected chi connectivity index (χ1v) is 6.74. The van der Waals surface area contributed by atoms with E-state index in [9.17, 15) is 18.0 Å². The van der Waals surface area contributed by atoms with Crippen LogP contribution >= 0.6 is 0 Å². The first-order chi connectivity index (χ1) is 9.61. The Bertz CT molecular complexity index is 483. The van der Waals surface area contributed by atoms with Gasteiger partial charge in [-0.2, -0.15) is 13.2 Å². The van der Waals surface area contributed by atoms with Crippen molar-refractivity contribution in [1.82, 2.24) is 5.32 Å². The van der Waals surface area contributed by atoms with Crippen LogP contribution in [0.5, 0.6) is 0 Å². The van der Waals surface area contributed by atoms with Gasteiger partial charge < -0.3 is 4.74 Å². The van der Waals surface area contributed by atoms with Crippen molar-refractivity contribution in [3.8, 4) is 0 Å². The predicted octanol–water partition coefficient (Wildman–Crippen LogP) is 3.48. The van der Waals surface area contributed by atoms with E-state index < -0.39 is 23.2 Å². The van der Waals surface area contributed by atoms with E-state index in [1.807, 2.05) is 13.8 Å². The molecule has 0 saturated carbocycles. The van der Waals surface area contributed by atoms with Gasteiger partial charge in [0.1, 0.15) is 5.54 Å². The number of esters is 1. The standard InChI is InChI=1S/C15H20F3NO2/c1-5-21-13(20)14(4,19-10(2)3)11-6-8-12(9-7-11)15(16,17)18/h6-10,19H,5H2,1-4H3. The molecule has 0 aliphatic carbocycles. The second-order valence-corrected chi connectivity index (χ2v) is 5.22. The molecule has 1 unspecified atom stereocenters. The van der Waals surface area contributed by atoms with Crippen LogP contribution in [0.25, 0.3) is 0 Å². The molecule has 0 spiro atoms. The third-order valence-electron chi connectivity index (χ3n) is 3.05. The number of ether oxygens (including phenoxy) is 1. The van der Waals surface area contributed by atoms with Crippen molar-refractivity contribution in [1.29, 1.82) is 0 Å². The summed E-state index contributed by atoms with van der Waals surface area (Å²) in [6, 6.07) is 4.50. The molecule has 1 atom stereocenters. The van der Waals surface area contributed by atoms with E-state index in [-0.39, 0.29) is 12.6 Å². The summed E-state index contributed by atoms with van der Waals surface area (Å²) >= 11 is 0. The van der Waals surface area contributed by atoms with Gasteiger partial charge in [-0.15, -0.1) is 0 Å². The van der Waals surface area contributed by atoms with E-state index >= 15 is 0 Å². The number of alkyl halides is 3. The zero-order valence-electron chi connectivity index (χ0n) is 12.5. The largest absolute Gasteiger partial charge is 0.464 e. The van der Waals surface area contributed by atoms with Crippen LogP contribution in [0.4, 0.5) is 13.2 Å². The Kier molecular flexibility index (Phi) is 5.39. The molecule has 0 aliphatic rings. The first kappa shape index (κ1) is 17.5. The summed E-state index contributed by atoms with van der Waals surface area (Å²) < 4.78 is 42.8. The van der Waals surface area contributed by atoms with Crippen LogP contribution in [0.1, 0.15) is 38.8 Å². The number of rotatable bonds is 5. The summed E-state index contributed by atoms with van der Waals surface area (Å²) in [6.07, 6.45) is -4.40. The lowest BCUT2D eigenvalue weighted by Gasteiger charge is -2.31. The normalized spacial score (nSPS) is 14.9. The zero-order chi connectivity index (χ0) is 16.3. The van der Waals surface area contributed by atoms with Gasteiger partial charge in [-0.05, 0) is 45.4 Å². The van der Waals surface area contributed by atoms with Gasteiger partial charge in [0, 0.05) is 6.04 Å². The molecule has 6 heteroatoms. The SMILES string of the molecule is CCOC(=O)C(C)(NC(C)C)c1ccc(C(F)(F)F)cc1. The highest BCUT2D eigenvalue weighted by Crippen LogP contribution is 2.31. The molecule has 0 aromatic heterocycles. The molecule has 21 heavy (non-hydrogen) atoms. The highest BCUT2D eigenvalue weighted by Gasteiger charge is 2.38. The van der Waals surface area contributed by atoms with Crippen molar-refractivity contribution < 1.29 is 22.7 Å². The number of carbonyl (C=O) groups is 1. The number of benzene rings is 1. The molecule has 1 aromatic carbocycles. The van der Waals surface area contributed by atoms with E-state index in [1.165, 1.54) is 12.1 Å². The fourth-order valence-corrected chi connectivity index (χ4v) is 2.11. The molecule has 0 saturated heterocycles. The first-order valence-electron chi connectivity index (χ1n) is 6.74. The number of hydrogen-bond acceptors (Lipinski definition) is 3. The Morgan fingerprint density at radius 2 is 1.67 bits per heavy atom. The summed E-state index contributed by atoms with van der Waals surface area (Å²) in [7, 11) is 0. The minimum Gasteiger partial charge on any atom is -0.464 e. The monoisotopic (exact) mass is 303 g/mol. The topological polar surface area (TPSA) is 38.3 Å². The maximum absolute atomic E-state index is 12.6. The molecule has 1 aromatic rings. The minimum atomic E-state index is -4.40. The summed E-state index contributed by atoms with van der Waals surface area (Å²) in [5.41, 5.74) is -1.50. The van der Waals surface area contributed by atoms with Crippen molar-refractivity contribution in [2.75, 3.05) is 6.61 Å². The zero-order valence-corrected chi connectivity index (χ0v) is 12.5. The van der Waals surface area contributed by atoms with Gasteiger partial charge in [-0.1, -0.05) is 12.1 Å². The van der Waals surface area contributed by atoms with Crippen LogP contribution in [-0.4, -0.2) is 18.6 Å². The minimum absolute atomic E-state index is 0.0401. The lowest BCUT2D eigenvalue weighted by molar-refractivity contribution is -0.151. The molecule has 0 bridgehead atoms. The number of carbonyl (C=O) groups excluding carboxylic acids is 1. The molecule has 0 fully saturated rings. The number of halogens is 3. The molecule has 118 valence electrons. The van der Waals surface area contributed by atoms with E-state index in [1.54, 1.807) is 13.8 Å². The van der Waals surface area contributed by atoms with Gasteiger partial charge in [-0.3, -0.25) is 5.32 Å². The van der Waals surface area contributed by atoms with Crippen molar-refractivity contribution in [3.05, 3.63) is 35.4 Å². The molecule has 0 aliphatic heterocycles. The van der Waals surface area contributed by atoms with Crippen molar-refractivity contribution in [2.45, 2.75) is 45.5 Å². The summed E-state index contributed by atoms with van der Waals surface area (Å²) in [5.74, 6) is -0.515. The van der Waals surface area contributed by atoms with Gasteiger partial charge in [0.15, 0.2) is 0 Å². The summed E-state index contributed by atoms with van der Waals surface area (Å²) in [4.78, 5) is 12.2. The Hall–Kier alpha value is -1.56. The third kappa shape index (κ3) is 4.20. The van der Waals surface area contributed by atoms with Crippen LogP contribution in [0.15, 0.2) is 24.3 Å². The number of hydrogen-bond donors (Lipinski definition) is 1. The van der Waals surface area contributed by atoms with Gasteiger partial charge in [0.2, 0.25) is 0 Å². The van der Waals surface area contributed by atoms with Crippen molar-refractivity contribution in [2.24, 2.45) is 0 Å². The molecular weight excluding hydrogens is 283 g/mol. The fourth-order valence-electron chi connectivity index (χ4n) is 2.11. The molecule has 0 radical (unpaired) electrons. The van der Waals surface area contributed by atoms with Gasteiger partial charge in [0.05, 0.1) is 12.2 Å². The fraction of sp³-hybridized carbons (Fsp3) is 0.533. The molecule has 1 rings (SSSR count). The van der Waals surface area contributed by atoms with E-state index in [2.05, 4.69) is 5.32 Å². The van der Waals surface area contributed by atoms with Crippen molar-refractivity contribution >= 4 is 5.97 Å². The lowest BCUT2D eigenvalue weighted by Crippen LogP contribution is -2.50. The van der Waals surface area contributed by atoms with Gasteiger partial charge in [-0.25, -0.2) is 4.79 Å². The lowest BCUT2D eigenvalue weighted by atomic mass is 9.90. The summed E-state index contributed by atoms with van der Waals surface area (Å²) in [5, 5.41) is 3.06.